The lowest BCUT2D eigenvalue weighted by atomic mass is 9.96. The summed E-state index contributed by atoms with van der Waals surface area (Å²) in [7, 11) is 0. The van der Waals surface area contributed by atoms with Crippen molar-refractivity contribution in [1.82, 2.24) is 0 Å². The minimum absolute atomic E-state index is 0.0690. The van der Waals surface area contributed by atoms with Crippen LogP contribution in [0.2, 0.25) is 0 Å². The number of aliphatic hydroxyl groups excluding tert-OH is 4. The second kappa shape index (κ2) is 9.12. The van der Waals surface area contributed by atoms with E-state index in [0.29, 0.717) is 16.5 Å². The summed E-state index contributed by atoms with van der Waals surface area (Å²) in [5, 5.41) is 49.6. The maximum absolute atomic E-state index is 13.1. The van der Waals surface area contributed by atoms with Gasteiger partial charge in [0, 0.05) is 6.07 Å². The molecule has 1 fully saturated rings. The number of rotatable bonds is 5. The van der Waals surface area contributed by atoms with Crippen LogP contribution in [0.3, 0.4) is 0 Å². The molecule has 5 N–H and O–H groups in total. The molecule has 2 aromatic carbocycles. The molecule has 0 saturated carbocycles. The smallest absolute Gasteiger partial charge is 0.229 e. The molecule has 0 radical (unpaired) electrons. The molecule has 4 rings (SSSR count). The molecular weight excluding hydrogens is 432 g/mol. The Morgan fingerprint density at radius 3 is 2.48 bits per heavy atom. The van der Waals surface area contributed by atoms with E-state index in [1.807, 2.05) is 13.8 Å². The first kappa shape index (κ1) is 23.2. The molecule has 0 amide bonds. The van der Waals surface area contributed by atoms with Crippen molar-refractivity contribution in [3.8, 4) is 22.6 Å². The Balaban J connectivity index is 1.64. The Morgan fingerprint density at radius 2 is 1.79 bits per heavy atom. The topological polar surface area (TPSA) is 150 Å². The normalized spacial score (nSPS) is 25.5. The molecule has 0 unspecified atom stereocenters. The van der Waals surface area contributed by atoms with Gasteiger partial charge in [0.2, 0.25) is 6.29 Å². The molecule has 1 aliphatic rings. The van der Waals surface area contributed by atoms with Gasteiger partial charge < -0.3 is 39.4 Å². The fraction of sp³-hybridized carbons (Fsp3) is 0.375. The highest BCUT2D eigenvalue weighted by molar-refractivity contribution is 5.82. The van der Waals surface area contributed by atoms with Crippen molar-refractivity contribution >= 4 is 11.0 Å². The average Bonchev–Trinajstić information content (AvgIpc) is 2.80. The highest BCUT2D eigenvalue weighted by Gasteiger charge is 2.44. The summed E-state index contributed by atoms with van der Waals surface area (Å²) in [6.45, 7) is 3.31. The molecule has 1 saturated heterocycles. The van der Waals surface area contributed by atoms with Gasteiger partial charge in [0.05, 0.1) is 17.6 Å². The van der Waals surface area contributed by atoms with Gasteiger partial charge in [0.15, 0.2) is 5.43 Å². The van der Waals surface area contributed by atoms with Gasteiger partial charge in [0.25, 0.3) is 0 Å². The Morgan fingerprint density at radius 1 is 1.03 bits per heavy atom. The monoisotopic (exact) mass is 458 g/mol. The maximum atomic E-state index is 13.1. The lowest BCUT2D eigenvalue weighted by molar-refractivity contribution is -0.277. The van der Waals surface area contributed by atoms with E-state index in [1.54, 1.807) is 18.2 Å². The largest absolute Gasteiger partial charge is 0.508 e. The summed E-state index contributed by atoms with van der Waals surface area (Å²) in [5.74, 6) is 0.419. The lowest BCUT2D eigenvalue weighted by Crippen LogP contribution is -2.60. The van der Waals surface area contributed by atoms with E-state index in [0.717, 1.165) is 5.56 Å². The Bertz CT molecular complexity index is 1200. The fourth-order valence-corrected chi connectivity index (χ4v) is 3.86. The number of ether oxygens (including phenoxy) is 2. The molecule has 2 heterocycles. The second-order valence-corrected chi connectivity index (χ2v) is 8.38. The van der Waals surface area contributed by atoms with Crippen LogP contribution in [0.15, 0.2) is 51.9 Å². The quantitative estimate of drug-likeness (QED) is 0.383. The van der Waals surface area contributed by atoms with Crippen molar-refractivity contribution in [2.75, 3.05) is 6.61 Å². The summed E-state index contributed by atoms with van der Waals surface area (Å²) < 4.78 is 16.6. The van der Waals surface area contributed by atoms with E-state index in [9.17, 15) is 30.3 Å². The minimum atomic E-state index is -1.57. The SMILES string of the molecule is CC(C)c1cc(-c2coc3cc(O[C@H]4O[C@H](CO)[C@@H](O)[C@H](O)[C@H]4O)ccc3c2=O)ccc1O. The number of fused-ring (bicyclic) bond motifs is 1. The molecule has 0 spiro atoms. The van der Waals surface area contributed by atoms with Gasteiger partial charge in [-0.3, -0.25) is 4.79 Å². The summed E-state index contributed by atoms with van der Waals surface area (Å²) in [5.41, 5.74) is 1.64. The van der Waals surface area contributed by atoms with Crippen LogP contribution in [-0.2, 0) is 4.74 Å². The first-order valence-electron chi connectivity index (χ1n) is 10.6. The van der Waals surface area contributed by atoms with E-state index in [-0.39, 0.29) is 28.4 Å². The molecule has 3 aromatic rings. The summed E-state index contributed by atoms with van der Waals surface area (Å²) in [6.07, 6.45) is -5.74. The van der Waals surface area contributed by atoms with E-state index in [1.165, 1.54) is 24.5 Å². The Labute approximate surface area is 189 Å². The number of hydrogen-bond acceptors (Lipinski definition) is 9. The van der Waals surface area contributed by atoms with E-state index in [2.05, 4.69) is 0 Å². The average molecular weight is 458 g/mol. The molecule has 0 aliphatic carbocycles. The van der Waals surface area contributed by atoms with E-state index >= 15 is 0 Å². The van der Waals surface area contributed by atoms with Crippen molar-refractivity contribution in [2.45, 2.75) is 50.5 Å². The summed E-state index contributed by atoms with van der Waals surface area (Å²) in [4.78, 5) is 13.1. The zero-order valence-corrected chi connectivity index (χ0v) is 18.1. The highest BCUT2D eigenvalue weighted by atomic mass is 16.7. The van der Waals surface area contributed by atoms with Crippen LogP contribution in [0, 0.1) is 0 Å². The molecule has 9 nitrogen and oxygen atoms in total. The zero-order chi connectivity index (χ0) is 23.9. The van der Waals surface area contributed by atoms with Crippen LogP contribution < -0.4 is 10.2 Å². The number of hydrogen-bond donors (Lipinski definition) is 5. The number of phenols is 1. The predicted octanol–water partition coefficient (Wildman–Crippen LogP) is 1.47. The Hall–Kier alpha value is -2.95. The molecule has 9 heteroatoms. The number of phenolic OH excluding ortho intramolecular Hbond substituents is 1. The van der Waals surface area contributed by atoms with Crippen LogP contribution >= 0.6 is 0 Å². The zero-order valence-electron chi connectivity index (χ0n) is 18.1. The third kappa shape index (κ3) is 4.33. The molecule has 0 bridgehead atoms. The second-order valence-electron chi connectivity index (χ2n) is 8.38. The summed E-state index contributed by atoms with van der Waals surface area (Å²) >= 11 is 0. The van der Waals surface area contributed by atoms with Gasteiger partial charge in [-0.2, -0.15) is 0 Å². The van der Waals surface area contributed by atoms with Gasteiger partial charge in [-0.25, -0.2) is 0 Å². The Kier molecular flexibility index (Phi) is 6.42. The van der Waals surface area contributed by atoms with Crippen molar-refractivity contribution < 1.29 is 39.4 Å². The van der Waals surface area contributed by atoms with Gasteiger partial charge in [-0.1, -0.05) is 19.9 Å². The first-order chi connectivity index (χ1) is 15.7. The molecule has 176 valence electrons. The van der Waals surface area contributed by atoms with Gasteiger partial charge in [0.1, 0.15) is 47.8 Å². The van der Waals surface area contributed by atoms with Crippen LogP contribution in [0.1, 0.15) is 25.3 Å². The maximum Gasteiger partial charge on any atom is 0.229 e. The highest BCUT2D eigenvalue weighted by Crippen LogP contribution is 2.31. The van der Waals surface area contributed by atoms with Crippen LogP contribution in [0.25, 0.3) is 22.1 Å². The van der Waals surface area contributed by atoms with Crippen molar-refractivity contribution in [2.24, 2.45) is 0 Å². The van der Waals surface area contributed by atoms with Crippen molar-refractivity contribution in [3.05, 3.63) is 58.4 Å². The lowest BCUT2D eigenvalue weighted by Gasteiger charge is -2.39. The number of aromatic hydroxyl groups is 1. The molecule has 5 atom stereocenters. The first-order valence-corrected chi connectivity index (χ1v) is 10.6. The van der Waals surface area contributed by atoms with Gasteiger partial charge >= 0.3 is 0 Å². The molecule has 1 aromatic heterocycles. The standard InChI is InChI=1S/C24H26O9/c1-11(2)15-7-12(3-6-17(15)26)16-10-31-18-8-13(4-5-14(18)20(16)27)32-24-23(30)22(29)21(28)19(9-25)33-24/h3-8,10-11,19,21-26,28-30H,9H2,1-2H3/t19-,21-,22+,23-,24+/m1/s1. The minimum Gasteiger partial charge on any atom is -0.508 e. The van der Waals surface area contributed by atoms with Crippen molar-refractivity contribution in [3.63, 3.8) is 0 Å². The molecule has 1 aliphatic heterocycles. The van der Waals surface area contributed by atoms with Crippen LogP contribution in [0.4, 0.5) is 0 Å². The summed E-state index contributed by atoms with van der Waals surface area (Å²) in [6, 6.07) is 9.39. The van der Waals surface area contributed by atoms with Crippen LogP contribution in [-0.4, -0.2) is 62.8 Å². The number of aliphatic hydroxyl groups is 4. The van der Waals surface area contributed by atoms with Gasteiger partial charge in [-0.05, 0) is 41.3 Å². The predicted molar refractivity (Wildman–Crippen MR) is 118 cm³/mol. The third-order valence-corrected chi connectivity index (χ3v) is 5.81. The van der Waals surface area contributed by atoms with Crippen LogP contribution in [0.5, 0.6) is 11.5 Å². The fourth-order valence-electron chi connectivity index (χ4n) is 3.86. The van der Waals surface area contributed by atoms with Gasteiger partial charge in [-0.15, -0.1) is 0 Å². The molecular formula is C24H26O9. The van der Waals surface area contributed by atoms with Crippen molar-refractivity contribution in [1.29, 1.82) is 0 Å². The van der Waals surface area contributed by atoms with E-state index in [4.69, 9.17) is 13.9 Å². The number of benzene rings is 2. The van der Waals surface area contributed by atoms with E-state index < -0.39 is 37.3 Å². The molecule has 33 heavy (non-hydrogen) atoms. The third-order valence-electron chi connectivity index (χ3n) is 5.81.